The summed E-state index contributed by atoms with van der Waals surface area (Å²) in [7, 11) is 3.84. The standard InChI is InChI=1S/C16H24N4O/c1-13-11-17-15(14(2)16(13)21-4)12-19(3)8-6-10-20-9-5-7-18-20/h5,7,9,11H,6,8,10,12H2,1-4H3. The molecular formula is C16H24N4O. The van der Waals surface area contributed by atoms with E-state index in [1.54, 1.807) is 7.11 Å². The molecule has 0 unspecified atom stereocenters. The smallest absolute Gasteiger partial charge is 0.128 e. The van der Waals surface area contributed by atoms with Crippen molar-refractivity contribution in [2.24, 2.45) is 0 Å². The molecule has 0 fully saturated rings. The lowest BCUT2D eigenvalue weighted by molar-refractivity contribution is 0.306. The van der Waals surface area contributed by atoms with E-state index in [9.17, 15) is 0 Å². The Morgan fingerprint density at radius 2 is 2.14 bits per heavy atom. The van der Waals surface area contributed by atoms with Crippen LogP contribution in [0.2, 0.25) is 0 Å². The average Bonchev–Trinajstić information content (AvgIpc) is 2.96. The monoisotopic (exact) mass is 288 g/mol. The van der Waals surface area contributed by atoms with Crippen molar-refractivity contribution in [1.29, 1.82) is 0 Å². The second-order valence-electron chi connectivity index (χ2n) is 5.41. The zero-order valence-electron chi connectivity index (χ0n) is 13.3. The number of methoxy groups -OCH3 is 1. The molecule has 0 bridgehead atoms. The molecule has 0 radical (unpaired) electrons. The molecule has 0 aliphatic heterocycles. The van der Waals surface area contributed by atoms with E-state index in [1.807, 2.05) is 36.3 Å². The second-order valence-corrected chi connectivity index (χ2v) is 5.41. The van der Waals surface area contributed by atoms with Gasteiger partial charge in [-0.15, -0.1) is 0 Å². The summed E-state index contributed by atoms with van der Waals surface area (Å²) in [6, 6.07) is 1.95. The molecule has 2 heterocycles. The van der Waals surface area contributed by atoms with E-state index in [1.165, 1.54) is 0 Å². The minimum absolute atomic E-state index is 0.835. The molecule has 0 spiro atoms. The van der Waals surface area contributed by atoms with Crippen molar-refractivity contribution in [2.45, 2.75) is 33.4 Å². The summed E-state index contributed by atoms with van der Waals surface area (Å²) in [5.41, 5.74) is 3.30. The van der Waals surface area contributed by atoms with E-state index in [4.69, 9.17) is 4.74 Å². The molecule has 0 saturated carbocycles. The molecule has 0 aliphatic carbocycles. The molecular weight excluding hydrogens is 264 g/mol. The number of aromatic nitrogens is 3. The lowest BCUT2D eigenvalue weighted by Crippen LogP contribution is -2.22. The van der Waals surface area contributed by atoms with Crippen LogP contribution in [0.4, 0.5) is 0 Å². The third kappa shape index (κ3) is 4.04. The van der Waals surface area contributed by atoms with Gasteiger partial charge in [0.15, 0.2) is 0 Å². The molecule has 114 valence electrons. The van der Waals surface area contributed by atoms with Crippen LogP contribution in [-0.4, -0.2) is 40.4 Å². The zero-order chi connectivity index (χ0) is 15.2. The summed E-state index contributed by atoms with van der Waals surface area (Å²) in [5.74, 6) is 0.949. The third-order valence-electron chi connectivity index (χ3n) is 3.66. The van der Waals surface area contributed by atoms with Crippen LogP contribution in [0, 0.1) is 13.8 Å². The van der Waals surface area contributed by atoms with E-state index in [2.05, 4.69) is 29.0 Å². The highest BCUT2D eigenvalue weighted by molar-refractivity contribution is 5.40. The first-order chi connectivity index (χ1) is 10.1. The highest BCUT2D eigenvalue weighted by Gasteiger charge is 2.11. The van der Waals surface area contributed by atoms with Crippen LogP contribution in [0.15, 0.2) is 24.7 Å². The fourth-order valence-electron chi connectivity index (χ4n) is 2.50. The number of rotatable bonds is 7. The van der Waals surface area contributed by atoms with E-state index >= 15 is 0 Å². The number of pyridine rings is 1. The predicted molar refractivity (Wildman–Crippen MR) is 83.4 cm³/mol. The van der Waals surface area contributed by atoms with Crippen molar-refractivity contribution in [3.05, 3.63) is 41.5 Å². The molecule has 0 amide bonds. The number of aryl methyl sites for hydroxylation is 2. The maximum absolute atomic E-state index is 5.46. The summed E-state index contributed by atoms with van der Waals surface area (Å²) >= 11 is 0. The van der Waals surface area contributed by atoms with Gasteiger partial charge in [0.05, 0.1) is 12.8 Å². The second kappa shape index (κ2) is 7.22. The maximum atomic E-state index is 5.46. The highest BCUT2D eigenvalue weighted by Crippen LogP contribution is 2.24. The minimum atomic E-state index is 0.835. The number of nitrogens with zero attached hydrogens (tertiary/aromatic N) is 4. The molecule has 21 heavy (non-hydrogen) atoms. The molecule has 0 aliphatic rings. The molecule has 0 atom stereocenters. The first-order valence-corrected chi connectivity index (χ1v) is 7.27. The molecule has 2 aromatic heterocycles. The Kier molecular flexibility index (Phi) is 5.33. The Morgan fingerprint density at radius 3 is 2.81 bits per heavy atom. The van der Waals surface area contributed by atoms with Gasteiger partial charge in [0.2, 0.25) is 0 Å². The van der Waals surface area contributed by atoms with Crippen LogP contribution in [0.1, 0.15) is 23.2 Å². The molecule has 0 saturated heterocycles. The molecule has 0 N–H and O–H groups in total. The Hall–Kier alpha value is -1.88. The van der Waals surface area contributed by atoms with Crippen LogP contribution < -0.4 is 4.74 Å². The Labute approximate surface area is 126 Å². The van der Waals surface area contributed by atoms with Crippen molar-refractivity contribution in [3.63, 3.8) is 0 Å². The number of ether oxygens (including phenoxy) is 1. The average molecular weight is 288 g/mol. The van der Waals surface area contributed by atoms with E-state index < -0.39 is 0 Å². The summed E-state index contributed by atoms with van der Waals surface area (Å²) in [6.07, 6.45) is 6.77. The van der Waals surface area contributed by atoms with Gasteiger partial charge in [-0.25, -0.2) is 0 Å². The summed E-state index contributed by atoms with van der Waals surface area (Å²) < 4.78 is 7.42. The quantitative estimate of drug-likeness (QED) is 0.785. The van der Waals surface area contributed by atoms with E-state index in [0.29, 0.717) is 0 Å². The topological polar surface area (TPSA) is 43.2 Å². The van der Waals surface area contributed by atoms with Gasteiger partial charge in [0.1, 0.15) is 5.75 Å². The molecule has 5 nitrogen and oxygen atoms in total. The molecule has 0 aromatic carbocycles. The largest absolute Gasteiger partial charge is 0.496 e. The van der Waals surface area contributed by atoms with Crippen molar-refractivity contribution in [3.8, 4) is 5.75 Å². The van der Waals surface area contributed by atoms with Crippen LogP contribution in [0.3, 0.4) is 0 Å². The van der Waals surface area contributed by atoms with Crippen LogP contribution in [0.25, 0.3) is 0 Å². The van der Waals surface area contributed by atoms with Crippen molar-refractivity contribution >= 4 is 0 Å². The van der Waals surface area contributed by atoms with Gasteiger partial charge in [0.25, 0.3) is 0 Å². The summed E-state index contributed by atoms with van der Waals surface area (Å²) in [6.45, 7) is 6.89. The lowest BCUT2D eigenvalue weighted by Gasteiger charge is -2.19. The highest BCUT2D eigenvalue weighted by atomic mass is 16.5. The molecule has 2 rings (SSSR count). The fourth-order valence-corrected chi connectivity index (χ4v) is 2.50. The van der Waals surface area contributed by atoms with E-state index in [0.717, 1.165) is 48.6 Å². The van der Waals surface area contributed by atoms with Gasteiger partial charge in [-0.05, 0) is 33.4 Å². The van der Waals surface area contributed by atoms with Crippen LogP contribution in [-0.2, 0) is 13.1 Å². The van der Waals surface area contributed by atoms with Crippen LogP contribution in [0.5, 0.6) is 5.75 Å². The lowest BCUT2D eigenvalue weighted by atomic mass is 10.1. The SMILES string of the molecule is COc1c(C)cnc(CN(C)CCCn2cccn2)c1C. The number of hydrogen-bond acceptors (Lipinski definition) is 4. The fraction of sp³-hybridized carbons (Fsp3) is 0.500. The minimum Gasteiger partial charge on any atom is -0.496 e. The number of hydrogen-bond donors (Lipinski definition) is 0. The van der Waals surface area contributed by atoms with Crippen LogP contribution >= 0.6 is 0 Å². The molecule has 5 heteroatoms. The van der Waals surface area contributed by atoms with Gasteiger partial charge in [-0.3, -0.25) is 9.67 Å². The normalized spacial score (nSPS) is 11.1. The van der Waals surface area contributed by atoms with Gasteiger partial charge < -0.3 is 9.64 Å². The predicted octanol–water partition coefficient (Wildman–Crippen LogP) is 2.43. The Morgan fingerprint density at radius 1 is 1.33 bits per heavy atom. The van der Waals surface area contributed by atoms with Crippen molar-refractivity contribution in [2.75, 3.05) is 20.7 Å². The third-order valence-corrected chi connectivity index (χ3v) is 3.66. The Bertz CT molecular complexity index is 566. The van der Waals surface area contributed by atoms with Gasteiger partial charge in [-0.1, -0.05) is 0 Å². The van der Waals surface area contributed by atoms with Gasteiger partial charge in [-0.2, -0.15) is 5.10 Å². The Balaban J connectivity index is 1.89. The first-order valence-electron chi connectivity index (χ1n) is 7.27. The zero-order valence-corrected chi connectivity index (χ0v) is 13.3. The maximum Gasteiger partial charge on any atom is 0.128 e. The van der Waals surface area contributed by atoms with Gasteiger partial charge >= 0.3 is 0 Å². The summed E-state index contributed by atoms with van der Waals surface area (Å²) in [5, 5.41) is 4.21. The summed E-state index contributed by atoms with van der Waals surface area (Å²) in [4.78, 5) is 6.83. The van der Waals surface area contributed by atoms with Crippen molar-refractivity contribution < 1.29 is 4.74 Å². The first kappa shape index (κ1) is 15.5. The van der Waals surface area contributed by atoms with E-state index in [-0.39, 0.29) is 0 Å². The molecule has 2 aromatic rings. The van der Waals surface area contributed by atoms with Crippen molar-refractivity contribution in [1.82, 2.24) is 19.7 Å². The van der Waals surface area contributed by atoms with Gasteiger partial charge in [0, 0.05) is 49.4 Å².